The zero-order chi connectivity index (χ0) is 20.4. The minimum atomic E-state index is 0.238. The van der Waals surface area contributed by atoms with Crippen LogP contribution in [-0.4, -0.2) is 38.4 Å². The molecule has 152 valence electrons. The molecule has 0 saturated heterocycles. The van der Waals surface area contributed by atoms with Gasteiger partial charge in [0.25, 0.3) is 0 Å². The minimum Gasteiger partial charge on any atom is -0.381 e. The molecule has 2 aromatic heterocycles. The molecule has 0 aromatic carbocycles. The number of nitrogens with two attached hydrogens (primary N) is 1. The number of rotatable bonds is 12. The number of ether oxygens (including phenoxy) is 1. The van der Waals surface area contributed by atoms with Gasteiger partial charge in [-0.2, -0.15) is 0 Å². The third-order valence-electron chi connectivity index (χ3n) is 4.41. The molecule has 0 unspecified atom stereocenters. The molecule has 7 heteroatoms. The minimum absolute atomic E-state index is 0.238. The van der Waals surface area contributed by atoms with Gasteiger partial charge in [-0.3, -0.25) is 4.99 Å². The number of aromatic nitrogens is 4. The van der Waals surface area contributed by atoms with E-state index in [9.17, 15) is 0 Å². The first kappa shape index (κ1) is 21.8. The maximum atomic E-state index is 5.59. The SMILES string of the molecule is C=C(N=C(CCCCOCCC)c1ncn(CCC)c1C)c1cnc(N)nc1. The van der Waals surface area contributed by atoms with E-state index in [2.05, 4.69) is 46.9 Å². The van der Waals surface area contributed by atoms with Crippen LogP contribution >= 0.6 is 0 Å². The first-order chi connectivity index (χ1) is 13.6. The summed E-state index contributed by atoms with van der Waals surface area (Å²) in [6, 6.07) is 0. The summed E-state index contributed by atoms with van der Waals surface area (Å²) in [5.41, 5.74) is 9.93. The number of unbranched alkanes of at least 4 members (excludes halogenated alkanes) is 1. The first-order valence-electron chi connectivity index (χ1n) is 10.0. The Bertz CT molecular complexity index is 779. The maximum absolute atomic E-state index is 5.59. The highest BCUT2D eigenvalue weighted by atomic mass is 16.5. The Hall–Kier alpha value is -2.54. The third kappa shape index (κ3) is 6.27. The number of nitrogen functional groups attached to an aromatic ring is 1. The van der Waals surface area contributed by atoms with Crippen LogP contribution in [0.25, 0.3) is 5.70 Å². The van der Waals surface area contributed by atoms with Crippen LogP contribution in [0.4, 0.5) is 5.95 Å². The van der Waals surface area contributed by atoms with E-state index in [0.717, 1.165) is 74.5 Å². The van der Waals surface area contributed by atoms with E-state index < -0.39 is 0 Å². The monoisotopic (exact) mass is 384 g/mol. The number of hydrogen-bond acceptors (Lipinski definition) is 6. The molecule has 2 heterocycles. The van der Waals surface area contributed by atoms with Gasteiger partial charge in [0.05, 0.1) is 17.7 Å². The van der Waals surface area contributed by atoms with Crippen LogP contribution in [0.1, 0.15) is 62.9 Å². The van der Waals surface area contributed by atoms with Crippen LogP contribution < -0.4 is 5.73 Å². The number of imidazole rings is 1. The molecular formula is C21H32N6O. The lowest BCUT2D eigenvalue weighted by Gasteiger charge is -2.09. The summed E-state index contributed by atoms with van der Waals surface area (Å²) in [6.07, 6.45) is 10.1. The fraction of sp³-hybridized carbons (Fsp3) is 0.524. The number of aliphatic imine (C=N–C) groups is 1. The third-order valence-corrected chi connectivity index (χ3v) is 4.41. The summed E-state index contributed by atoms with van der Waals surface area (Å²) in [7, 11) is 0. The van der Waals surface area contributed by atoms with E-state index in [1.807, 2.05) is 6.33 Å². The lowest BCUT2D eigenvalue weighted by Crippen LogP contribution is -2.07. The standard InChI is InChI=1S/C21H32N6O/c1-5-10-27-15-25-20(17(27)4)19(9-7-8-12-28-11-6-2)26-16(3)18-13-23-21(22)24-14-18/h13-15H,3,5-12H2,1-2,4H3,(H2,22,23,24). The Morgan fingerprint density at radius 3 is 2.57 bits per heavy atom. The van der Waals surface area contributed by atoms with Gasteiger partial charge in [0.2, 0.25) is 5.95 Å². The van der Waals surface area contributed by atoms with Gasteiger partial charge in [0.15, 0.2) is 0 Å². The zero-order valence-electron chi connectivity index (χ0n) is 17.3. The van der Waals surface area contributed by atoms with E-state index in [0.29, 0.717) is 5.70 Å². The van der Waals surface area contributed by atoms with Crippen molar-refractivity contribution in [3.05, 3.63) is 42.3 Å². The Balaban J connectivity index is 2.17. The van der Waals surface area contributed by atoms with E-state index >= 15 is 0 Å². The van der Waals surface area contributed by atoms with Gasteiger partial charge in [0, 0.05) is 43.4 Å². The highest BCUT2D eigenvalue weighted by molar-refractivity contribution is 6.02. The topological polar surface area (TPSA) is 91.2 Å². The highest BCUT2D eigenvalue weighted by Gasteiger charge is 2.14. The average Bonchev–Trinajstić information content (AvgIpc) is 3.05. The predicted molar refractivity (Wildman–Crippen MR) is 114 cm³/mol. The second-order valence-corrected chi connectivity index (χ2v) is 6.78. The summed E-state index contributed by atoms with van der Waals surface area (Å²) in [6.45, 7) is 13.0. The molecule has 28 heavy (non-hydrogen) atoms. The normalized spacial score (nSPS) is 11.8. The molecule has 0 aliphatic heterocycles. The first-order valence-corrected chi connectivity index (χ1v) is 10.0. The van der Waals surface area contributed by atoms with Gasteiger partial charge in [-0.1, -0.05) is 20.4 Å². The molecular weight excluding hydrogens is 352 g/mol. The van der Waals surface area contributed by atoms with Crippen LogP contribution in [0.2, 0.25) is 0 Å². The molecule has 0 spiro atoms. The second-order valence-electron chi connectivity index (χ2n) is 6.78. The van der Waals surface area contributed by atoms with Crippen molar-refractivity contribution in [1.82, 2.24) is 19.5 Å². The number of nitrogens with zero attached hydrogens (tertiary/aromatic N) is 5. The Kier molecular flexibility index (Phi) is 8.81. The fourth-order valence-electron chi connectivity index (χ4n) is 2.88. The van der Waals surface area contributed by atoms with Crippen LogP contribution in [0.15, 0.2) is 30.3 Å². The van der Waals surface area contributed by atoms with Crippen molar-refractivity contribution in [2.75, 3.05) is 18.9 Å². The van der Waals surface area contributed by atoms with Crippen molar-refractivity contribution < 1.29 is 4.74 Å². The van der Waals surface area contributed by atoms with Gasteiger partial charge in [-0.15, -0.1) is 0 Å². The van der Waals surface area contributed by atoms with Gasteiger partial charge in [0.1, 0.15) is 5.69 Å². The fourth-order valence-corrected chi connectivity index (χ4v) is 2.88. The van der Waals surface area contributed by atoms with Gasteiger partial charge in [-0.05, 0) is 39.0 Å². The molecule has 0 fully saturated rings. The van der Waals surface area contributed by atoms with E-state index in [1.165, 1.54) is 0 Å². The van der Waals surface area contributed by atoms with Gasteiger partial charge < -0.3 is 15.0 Å². The average molecular weight is 385 g/mol. The van der Waals surface area contributed by atoms with Gasteiger partial charge in [-0.25, -0.2) is 15.0 Å². The van der Waals surface area contributed by atoms with Crippen LogP contribution in [-0.2, 0) is 11.3 Å². The second kappa shape index (κ2) is 11.3. The molecule has 2 aromatic rings. The van der Waals surface area contributed by atoms with Crippen LogP contribution in [0.5, 0.6) is 0 Å². The lowest BCUT2D eigenvalue weighted by atomic mass is 10.1. The van der Waals surface area contributed by atoms with Crippen LogP contribution in [0, 0.1) is 6.92 Å². The molecule has 2 rings (SSSR count). The predicted octanol–water partition coefficient (Wildman–Crippen LogP) is 4.03. The summed E-state index contributed by atoms with van der Waals surface area (Å²) >= 11 is 0. The molecule has 0 aliphatic rings. The molecule has 0 radical (unpaired) electrons. The zero-order valence-corrected chi connectivity index (χ0v) is 17.3. The summed E-state index contributed by atoms with van der Waals surface area (Å²) in [4.78, 5) is 17.5. The van der Waals surface area contributed by atoms with Crippen molar-refractivity contribution in [2.45, 2.75) is 59.4 Å². The quantitative estimate of drug-likeness (QED) is 0.441. The number of aryl methyl sites for hydroxylation is 1. The Labute approximate surface area is 167 Å². The van der Waals surface area contributed by atoms with Crippen molar-refractivity contribution >= 4 is 17.4 Å². The molecule has 2 N–H and O–H groups in total. The van der Waals surface area contributed by atoms with Crippen LogP contribution in [0.3, 0.4) is 0 Å². The Morgan fingerprint density at radius 2 is 1.89 bits per heavy atom. The summed E-state index contributed by atoms with van der Waals surface area (Å²) < 4.78 is 7.76. The summed E-state index contributed by atoms with van der Waals surface area (Å²) in [5, 5.41) is 0. The van der Waals surface area contributed by atoms with Gasteiger partial charge >= 0.3 is 0 Å². The lowest BCUT2D eigenvalue weighted by molar-refractivity contribution is 0.131. The van der Waals surface area contributed by atoms with E-state index in [1.54, 1.807) is 12.4 Å². The molecule has 7 nitrogen and oxygen atoms in total. The molecule has 0 atom stereocenters. The van der Waals surface area contributed by atoms with Crippen molar-refractivity contribution in [2.24, 2.45) is 4.99 Å². The summed E-state index contributed by atoms with van der Waals surface area (Å²) in [5.74, 6) is 0.238. The highest BCUT2D eigenvalue weighted by Crippen LogP contribution is 2.18. The smallest absolute Gasteiger partial charge is 0.219 e. The maximum Gasteiger partial charge on any atom is 0.219 e. The van der Waals surface area contributed by atoms with Crippen molar-refractivity contribution in [3.8, 4) is 0 Å². The molecule has 0 aliphatic carbocycles. The van der Waals surface area contributed by atoms with Crippen molar-refractivity contribution in [3.63, 3.8) is 0 Å². The molecule has 0 saturated carbocycles. The van der Waals surface area contributed by atoms with E-state index in [4.69, 9.17) is 15.5 Å². The van der Waals surface area contributed by atoms with E-state index in [-0.39, 0.29) is 5.95 Å². The molecule has 0 amide bonds. The molecule has 0 bridgehead atoms. The largest absolute Gasteiger partial charge is 0.381 e. The Morgan fingerprint density at radius 1 is 1.14 bits per heavy atom. The number of hydrogen-bond donors (Lipinski definition) is 1. The number of anilines is 1. The van der Waals surface area contributed by atoms with Crippen molar-refractivity contribution in [1.29, 1.82) is 0 Å².